The zero-order valence-corrected chi connectivity index (χ0v) is 18.3. The summed E-state index contributed by atoms with van der Waals surface area (Å²) >= 11 is 0. The van der Waals surface area contributed by atoms with Gasteiger partial charge in [0, 0.05) is 31.1 Å². The Balaban J connectivity index is 1.78. The Bertz CT molecular complexity index is 1230. The van der Waals surface area contributed by atoms with Crippen molar-refractivity contribution < 1.29 is 22.2 Å². The average Bonchev–Trinajstić information content (AvgIpc) is 2.78. The van der Waals surface area contributed by atoms with E-state index in [4.69, 9.17) is 5.73 Å². The highest BCUT2D eigenvalue weighted by molar-refractivity contribution is 7.82. The number of aromatic nitrogens is 2. The van der Waals surface area contributed by atoms with Crippen molar-refractivity contribution in [3.63, 3.8) is 0 Å². The molecule has 0 saturated carbocycles. The molecular weight excluding hydrogens is 455 g/mol. The van der Waals surface area contributed by atoms with E-state index in [1.165, 1.54) is 41.0 Å². The quantitative estimate of drug-likeness (QED) is 0.591. The van der Waals surface area contributed by atoms with Gasteiger partial charge in [-0.15, -0.1) is 0 Å². The minimum atomic E-state index is -3.17. The first-order valence-corrected chi connectivity index (χ1v) is 11.1. The number of benzene rings is 2. The third kappa shape index (κ3) is 4.88. The molecule has 172 valence electrons. The van der Waals surface area contributed by atoms with Crippen molar-refractivity contribution in [3.8, 4) is 22.4 Å². The molecule has 4 rings (SSSR count). The van der Waals surface area contributed by atoms with Gasteiger partial charge in [-0.05, 0) is 29.3 Å². The third-order valence-electron chi connectivity index (χ3n) is 5.14. The Morgan fingerprint density at radius 3 is 2.52 bits per heavy atom. The van der Waals surface area contributed by atoms with Crippen molar-refractivity contribution >= 4 is 22.7 Å². The maximum Gasteiger partial charge on any atom is 0.270 e. The monoisotopic (exact) mass is 475 g/mol. The molecule has 1 unspecified atom stereocenters. The molecule has 1 fully saturated rings. The molecule has 1 atom stereocenters. The summed E-state index contributed by atoms with van der Waals surface area (Å²) in [5.74, 6) is -3.90. The molecule has 1 aromatic heterocycles. The molecule has 11 heteroatoms. The smallest absolute Gasteiger partial charge is 0.270 e. The van der Waals surface area contributed by atoms with Gasteiger partial charge in [-0.25, -0.2) is 26.7 Å². The van der Waals surface area contributed by atoms with Gasteiger partial charge in [0.1, 0.15) is 22.6 Å². The van der Waals surface area contributed by atoms with Gasteiger partial charge in [-0.3, -0.25) is 9.78 Å². The van der Waals surface area contributed by atoms with Gasteiger partial charge in [0.15, 0.2) is 0 Å². The maximum atomic E-state index is 15.0. The highest BCUT2D eigenvalue weighted by Gasteiger charge is 2.29. The van der Waals surface area contributed by atoms with Crippen LogP contribution in [0.1, 0.15) is 12.5 Å². The summed E-state index contributed by atoms with van der Waals surface area (Å²) in [5.41, 5.74) is 6.31. The van der Waals surface area contributed by atoms with E-state index in [0.717, 1.165) is 13.0 Å². The normalized spacial score (nSPS) is 15.8. The number of carbonyl (C=O) groups is 1. The number of carbonyl (C=O) groups excluding carboxylic acids is 1. The lowest BCUT2D eigenvalue weighted by atomic mass is 9.99. The zero-order chi connectivity index (χ0) is 23.8. The number of hydrogen-bond donors (Lipinski definition) is 2. The van der Waals surface area contributed by atoms with Crippen LogP contribution < -0.4 is 11.1 Å². The van der Waals surface area contributed by atoms with Crippen molar-refractivity contribution in [1.29, 1.82) is 0 Å². The number of nitrogen functional groups attached to an aromatic ring is 1. The van der Waals surface area contributed by atoms with Crippen LogP contribution in [0.15, 0.2) is 53.7 Å². The number of alkyl halides is 2. The fraction of sp³-hybridized carbons (Fsp3) is 0.227. The Morgan fingerprint density at radius 2 is 1.88 bits per heavy atom. The number of hydrogen-bond acceptors (Lipinski definition) is 5. The van der Waals surface area contributed by atoms with E-state index >= 15 is 0 Å². The average molecular weight is 475 g/mol. The second-order valence-corrected chi connectivity index (χ2v) is 9.04. The molecule has 0 aliphatic carbocycles. The minimum Gasteiger partial charge on any atom is -0.382 e. The van der Waals surface area contributed by atoms with Crippen LogP contribution in [0.3, 0.4) is 0 Å². The first kappa shape index (κ1) is 22.9. The van der Waals surface area contributed by atoms with Crippen LogP contribution in [0, 0.1) is 5.82 Å². The van der Waals surface area contributed by atoms with Gasteiger partial charge >= 0.3 is 0 Å². The summed E-state index contributed by atoms with van der Waals surface area (Å²) in [4.78, 5) is 19.8. The molecule has 1 aliphatic heterocycles. The molecule has 3 aromatic rings. The van der Waals surface area contributed by atoms with Crippen LogP contribution in [0.25, 0.3) is 22.4 Å². The van der Waals surface area contributed by atoms with Crippen molar-refractivity contribution in [3.05, 3.63) is 60.2 Å². The molecule has 2 aromatic carbocycles. The van der Waals surface area contributed by atoms with Crippen LogP contribution in [-0.2, 0) is 21.7 Å². The molecule has 1 saturated heterocycles. The maximum absolute atomic E-state index is 15.0. The molecule has 2 heterocycles. The lowest BCUT2D eigenvalue weighted by molar-refractivity contribution is -0.122. The molecular formula is C22H20F3N5O2S. The van der Waals surface area contributed by atoms with Gasteiger partial charge in [0.25, 0.3) is 5.92 Å². The van der Waals surface area contributed by atoms with Gasteiger partial charge in [0.2, 0.25) is 5.91 Å². The lowest BCUT2D eigenvalue weighted by Crippen LogP contribution is -2.48. The van der Waals surface area contributed by atoms with Crippen LogP contribution in [0.2, 0.25) is 0 Å². The summed E-state index contributed by atoms with van der Waals surface area (Å²) in [5, 5.41) is 2.63. The summed E-state index contributed by atoms with van der Waals surface area (Å²) in [6, 6.07) is 8.04. The summed E-state index contributed by atoms with van der Waals surface area (Å²) in [6.45, 7) is 1.18. The molecule has 1 amide bonds. The van der Waals surface area contributed by atoms with E-state index in [1.54, 1.807) is 6.07 Å². The van der Waals surface area contributed by atoms with Crippen LogP contribution in [0.5, 0.6) is 0 Å². The van der Waals surface area contributed by atoms with Crippen molar-refractivity contribution in [2.45, 2.75) is 17.7 Å². The fourth-order valence-electron chi connectivity index (χ4n) is 3.44. The molecule has 1 aliphatic rings. The number of halogens is 3. The summed E-state index contributed by atoms with van der Waals surface area (Å²) in [6.07, 6.45) is 2.65. The van der Waals surface area contributed by atoms with Crippen LogP contribution >= 0.6 is 0 Å². The Morgan fingerprint density at radius 1 is 1.12 bits per heavy atom. The number of anilines is 1. The summed E-state index contributed by atoms with van der Waals surface area (Å²) < 4.78 is 57.7. The number of amides is 1. The van der Waals surface area contributed by atoms with E-state index in [1.807, 2.05) is 0 Å². The Kier molecular flexibility index (Phi) is 6.17. The molecule has 0 spiro atoms. The van der Waals surface area contributed by atoms with Gasteiger partial charge < -0.3 is 11.1 Å². The highest BCUT2D eigenvalue weighted by Crippen LogP contribution is 2.35. The zero-order valence-electron chi connectivity index (χ0n) is 17.5. The van der Waals surface area contributed by atoms with E-state index in [9.17, 15) is 22.2 Å². The standard InChI is InChI=1S/C22H20F3N5O2S/c1-22(24,25)14-3-5-15(19(9-14)33(32)30-7-6-27-21(31)12-30)13-2-4-16(17(23)8-13)18-10-29-20(26)11-28-18/h2-5,8-11H,6-7,12H2,1H3,(H2,26,29)(H,27,31). The van der Waals surface area contributed by atoms with E-state index in [-0.39, 0.29) is 53.1 Å². The molecule has 7 nitrogen and oxygen atoms in total. The van der Waals surface area contributed by atoms with Gasteiger partial charge in [-0.1, -0.05) is 18.2 Å². The predicted molar refractivity (Wildman–Crippen MR) is 118 cm³/mol. The molecule has 3 N–H and O–H groups in total. The van der Waals surface area contributed by atoms with E-state index in [0.29, 0.717) is 11.1 Å². The molecule has 0 radical (unpaired) electrons. The lowest BCUT2D eigenvalue weighted by Gasteiger charge is -2.26. The highest BCUT2D eigenvalue weighted by atomic mass is 32.2. The van der Waals surface area contributed by atoms with Crippen molar-refractivity contribution in [1.82, 2.24) is 19.6 Å². The number of nitrogens with two attached hydrogens (primary N) is 1. The van der Waals surface area contributed by atoms with Crippen molar-refractivity contribution in [2.75, 3.05) is 25.4 Å². The SMILES string of the molecule is CC(F)(F)c1ccc(-c2ccc(-c3cnc(N)cn3)c(F)c2)c(S(=O)N2CCNC(=O)C2)c1. The number of nitrogens with zero attached hydrogens (tertiary/aromatic N) is 3. The van der Waals surface area contributed by atoms with Crippen LogP contribution in [-0.4, -0.2) is 44.0 Å². The van der Waals surface area contributed by atoms with Crippen molar-refractivity contribution in [2.24, 2.45) is 0 Å². The Hall–Kier alpha value is -3.31. The Labute approximate surface area is 190 Å². The topological polar surface area (TPSA) is 101 Å². The van der Waals surface area contributed by atoms with E-state index < -0.39 is 22.7 Å². The fourth-order valence-corrected chi connectivity index (χ4v) is 4.81. The number of rotatable bonds is 5. The molecule has 0 bridgehead atoms. The third-order valence-corrected chi connectivity index (χ3v) is 6.64. The van der Waals surface area contributed by atoms with E-state index in [2.05, 4.69) is 15.3 Å². The minimum absolute atomic E-state index is 0.0724. The second kappa shape index (κ2) is 8.91. The number of piperazine rings is 1. The van der Waals surface area contributed by atoms with Gasteiger partial charge in [0.05, 0.1) is 29.5 Å². The van der Waals surface area contributed by atoms with Gasteiger partial charge in [-0.2, -0.15) is 0 Å². The molecule has 33 heavy (non-hydrogen) atoms. The summed E-state index contributed by atoms with van der Waals surface area (Å²) in [7, 11) is -1.92. The van der Waals surface area contributed by atoms with Crippen LogP contribution in [0.4, 0.5) is 19.0 Å². The first-order valence-electron chi connectivity index (χ1n) is 9.97. The number of nitrogens with one attached hydrogen (secondary N) is 1. The second-order valence-electron chi connectivity index (χ2n) is 7.58. The first-order chi connectivity index (χ1) is 15.6. The predicted octanol–water partition coefficient (Wildman–Crippen LogP) is 3.10. The largest absolute Gasteiger partial charge is 0.382 e.